The van der Waals surface area contributed by atoms with Crippen molar-refractivity contribution in [3.8, 4) is 11.5 Å². The van der Waals surface area contributed by atoms with Crippen molar-refractivity contribution in [2.75, 3.05) is 20.8 Å². The minimum atomic E-state index is -0.946. The second kappa shape index (κ2) is 8.89. The first kappa shape index (κ1) is 19.3. The highest BCUT2D eigenvalue weighted by atomic mass is 16.5. The van der Waals surface area contributed by atoms with E-state index >= 15 is 0 Å². The molecular weight excluding hydrogens is 334 g/mol. The highest BCUT2D eigenvalue weighted by Gasteiger charge is 2.21. The average Bonchev–Trinajstić information content (AvgIpc) is 2.65. The first-order chi connectivity index (χ1) is 12.5. The maximum Gasteiger partial charge on any atom is 0.308 e. The van der Waals surface area contributed by atoms with Gasteiger partial charge in [0, 0.05) is 12.1 Å². The summed E-state index contributed by atoms with van der Waals surface area (Å²) in [6.45, 7) is 1.83. The predicted molar refractivity (Wildman–Crippen MR) is 97.9 cm³/mol. The van der Waals surface area contributed by atoms with Gasteiger partial charge in [0.05, 0.1) is 20.1 Å². The van der Waals surface area contributed by atoms with Crippen molar-refractivity contribution in [3.05, 3.63) is 59.2 Å². The van der Waals surface area contributed by atoms with Crippen LogP contribution in [0.2, 0.25) is 0 Å². The maximum absolute atomic E-state index is 12.5. The molecule has 138 valence electrons. The first-order valence-corrected chi connectivity index (χ1v) is 8.23. The molecule has 2 aromatic carbocycles. The lowest BCUT2D eigenvalue weighted by atomic mass is 9.99. The van der Waals surface area contributed by atoms with Crippen molar-refractivity contribution in [1.82, 2.24) is 5.32 Å². The molecule has 0 bridgehead atoms. The Balaban J connectivity index is 2.09. The van der Waals surface area contributed by atoms with Gasteiger partial charge in [0.2, 0.25) is 0 Å². The Kier molecular flexibility index (Phi) is 6.60. The molecule has 0 saturated carbocycles. The number of rotatable bonds is 8. The van der Waals surface area contributed by atoms with Crippen LogP contribution in [-0.4, -0.2) is 37.7 Å². The minimum Gasteiger partial charge on any atom is -0.493 e. The monoisotopic (exact) mass is 357 g/mol. The van der Waals surface area contributed by atoms with Crippen molar-refractivity contribution >= 4 is 11.9 Å². The van der Waals surface area contributed by atoms with Crippen molar-refractivity contribution < 1.29 is 24.2 Å². The number of amides is 1. The SMILES string of the molecule is COc1cc(C)c(C(=O)NCC(Cc2ccccc2)C(=O)O)cc1OC. The van der Waals surface area contributed by atoms with Crippen LogP contribution in [0.3, 0.4) is 0 Å². The molecule has 0 heterocycles. The summed E-state index contributed by atoms with van der Waals surface area (Å²) in [7, 11) is 3.02. The van der Waals surface area contributed by atoms with E-state index in [1.165, 1.54) is 14.2 Å². The number of methoxy groups -OCH3 is 2. The van der Waals surface area contributed by atoms with E-state index < -0.39 is 11.9 Å². The molecule has 1 amide bonds. The van der Waals surface area contributed by atoms with Crippen LogP contribution in [0.5, 0.6) is 11.5 Å². The number of carbonyl (C=O) groups is 2. The fourth-order valence-corrected chi connectivity index (χ4v) is 2.68. The first-order valence-electron chi connectivity index (χ1n) is 8.23. The number of hydrogen-bond acceptors (Lipinski definition) is 4. The normalized spacial score (nSPS) is 11.5. The Morgan fingerprint density at radius 2 is 1.69 bits per heavy atom. The quantitative estimate of drug-likeness (QED) is 0.759. The zero-order chi connectivity index (χ0) is 19.1. The van der Waals surface area contributed by atoms with Crippen LogP contribution in [0, 0.1) is 12.8 Å². The summed E-state index contributed by atoms with van der Waals surface area (Å²) in [4.78, 5) is 24.0. The zero-order valence-electron chi connectivity index (χ0n) is 15.1. The van der Waals surface area contributed by atoms with E-state index in [-0.39, 0.29) is 12.5 Å². The fraction of sp³-hybridized carbons (Fsp3) is 0.300. The van der Waals surface area contributed by atoms with Crippen LogP contribution in [0.25, 0.3) is 0 Å². The standard InChI is InChI=1S/C20H23NO5/c1-13-9-17(25-2)18(26-3)11-16(13)19(22)21-12-15(20(23)24)10-14-7-5-4-6-8-14/h4-9,11,15H,10,12H2,1-3H3,(H,21,22)(H,23,24). The molecule has 2 N–H and O–H groups in total. The third kappa shape index (κ3) is 4.75. The van der Waals surface area contributed by atoms with Gasteiger partial charge in [-0.15, -0.1) is 0 Å². The van der Waals surface area contributed by atoms with Crippen molar-refractivity contribution in [3.63, 3.8) is 0 Å². The smallest absolute Gasteiger partial charge is 0.308 e. The number of ether oxygens (including phenoxy) is 2. The lowest BCUT2D eigenvalue weighted by Gasteiger charge is -2.16. The van der Waals surface area contributed by atoms with Gasteiger partial charge in [0.25, 0.3) is 5.91 Å². The summed E-state index contributed by atoms with van der Waals surface area (Å²) >= 11 is 0. The molecule has 0 aliphatic rings. The Morgan fingerprint density at radius 1 is 1.08 bits per heavy atom. The minimum absolute atomic E-state index is 0.0385. The number of aryl methyl sites for hydroxylation is 1. The summed E-state index contributed by atoms with van der Waals surface area (Å²) in [6, 6.07) is 12.6. The highest BCUT2D eigenvalue weighted by Crippen LogP contribution is 2.30. The summed E-state index contributed by atoms with van der Waals surface area (Å²) in [6.07, 6.45) is 0.349. The number of aliphatic carboxylic acids is 1. The van der Waals surface area contributed by atoms with Crippen molar-refractivity contribution in [1.29, 1.82) is 0 Å². The molecule has 2 aromatic rings. The Hall–Kier alpha value is -3.02. The second-order valence-corrected chi connectivity index (χ2v) is 5.96. The van der Waals surface area contributed by atoms with Gasteiger partial charge in [-0.2, -0.15) is 0 Å². The summed E-state index contributed by atoms with van der Waals surface area (Å²) < 4.78 is 10.4. The van der Waals surface area contributed by atoms with E-state index in [4.69, 9.17) is 9.47 Å². The van der Waals surface area contributed by atoms with Crippen LogP contribution in [-0.2, 0) is 11.2 Å². The van der Waals surface area contributed by atoms with Gasteiger partial charge in [-0.3, -0.25) is 9.59 Å². The van der Waals surface area contributed by atoms with Crippen LogP contribution in [0.4, 0.5) is 0 Å². The zero-order valence-corrected chi connectivity index (χ0v) is 15.1. The van der Waals surface area contributed by atoms with Gasteiger partial charge in [0.15, 0.2) is 11.5 Å². The van der Waals surface area contributed by atoms with E-state index in [1.54, 1.807) is 19.1 Å². The largest absolute Gasteiger partial charge is 0.493 e. The molecule has 0 radical (unpaired) electrons. The molecular formula is C20H23NO5. The van der Waals surface area contributed by atoms with Crippen LogP contribution in [0.1, 0.15) is 21.5 Å². The highest BCUT2D eigenvalue weighted by molar-refractivity contribution is 5.96. The lowest BCUT2D eigenvalue weighted by molar-refractivity contribution is -0.141. The molecule has 0 spiro atoms. The predicted octanol–water partition coefficient (Wildman–Crippen LogP) is 2.69. The molecule has 6 heteroatoms. The van der Waals surface area contributed by atoms with E-state index in [2.05, 4.69) is 5.32 Å². The van der Waals surface area contributed by atoms with Crippen LogP contribution in [0.15, 0.2) is 42.5 Å². The lowest BCUT2D eigenvalue weighted by Crippen LogP contribution is -2.34. The molecule has 26 heavy (non-hydrogen) atoms. The average molecular weight is 357 g/mol. The Labute approximate surface area is 152 Å². The molecule has 0 aliphatic carbocycles. The third-order valence-electron chi connectivity index (χ3n) is 4.16. The second-order valence-electron chi connectivity index (χ2n) is 5.96. The number of carboxylic acids is 1. The molecule has 0 saturated heterocycles. The molecule has 0 aliphatic heterocycles. The molecule has 1 unspecified atom stereocenters. The fourth-order valence-electron chi connectivity index (χ4n) is 2.68. The Morgan fingerprint density at radius 3 is 2.27 bits per heavy atom. The number of carboxylic acid groups (broad SMARTS) is 1. The summed E-state index contributed by atoms with van der Waals surface area (Å²) in [5.41, 5.74) is 2.05. The van der Waals surface area contributed by atoms with Gasteiger partial charge < -0.3 is 19.9 Å². The topological polar surface area (TPSA) is 84.9 Å². The van der Waals surface area contributed by atoms with Crippen molar-refractivity contribution in [2.24, 2.45) is 5.92 Å². The van der Waals surface area contributed by atoms with E-state index in [0.29, 0.717) is 23.5 Å². The molecule has 2 rings (SSSR count). The van der Waals surface area contributed by atoms with E-state index in [0.717, 1.165) is 11.1 Å². The number of carbonyl (C=O) groups excluding carboxylic acids is 1. The summed E-state index contributed by atoms with van der Waals surface area (Å²) in [5, 5.41) is 12.1. The molecule has 0 aromatic heterocycles. The van der Waals surface area contributed by atoms with Gasteiger partial charge in [0.1, 0.15) is 0 Å². The number of hydrogen-bond donors (Lipinski definition) is 2. The van der Waals surface area contributed by atoms with Gasteiger partial charge in [-0.25, -0.2) is 0 Å². The number of nitrogens with one attached hydrogen (secondary N) is 1. The third-order valence-corrected chi connectivity index (χ3v) is 4.16. The van der Waals surface area contributed by atoms with E-state index in [9.17, 15) is 14.7 Å². The van der Waals surface area contributed by atoms with Gasteiger partial charge >= 0.3 is 5.97 Å². The number of benzene rings is 2. The molecule has 6 nitrogen and oxygen atoms in total. The summed E-state index contributed by atoms with van der Waals surface area (Å²) in [5.74, 6) is -1.01. The van der Waals surface area contributed by atoms with Gasteiger partial charge in [-0.1, -0.05) is 30.3 Å². The molecule has 1 atom stereocenters. The Bertz CT molecular complexity index is 773. The van der Waals surface area contributed by atoms with Crippen LogP contribution < -0.4 is 14.8 Å². The van der Waals surface area contributed by atoms with Gasteiger partial charge in [-0.05, 0) is 36.6 Å². The maximum atomic E-state index is 12.5. The van der Waals surface area contributed by atoms with Crippen LogP contribution >= 0.6 is 0 Å². The molecule has 0 fully saturated rings. The van der Waals surface area contributed by atoms with Crippen molar-refractivity contribution in [2.45, 2.75) is 13.3 Å². The van der Waals surface area contributed by atoms with E-state index in [1.807, 2.05) is 30.3 Å².